The number of carbonyl (C=O) groups is 2. The highest BCUT2D eigenvalue weighted by molar-refractivity contribution is 6.45. The Morgan fingerprint density at radius 3 is 2.10 bits per heavy atom. The van der Waals surface area contributed by atoms with E-state index >= 15 is 0 Å². The van der Waals surface area contributed by atoms with Crippen molar-refractivity contribution in [2.24, 2.45) is 0 Å². The van der Waals surface area contributed by atoms with Crippen molar-refractivity contribution in [1.82, 2.24) is 4.90 Å². The van der Waals surface area contributed by atoms with Gasteiger partial charge in [-0.05, 0) is 68.7 Å². The molecule has 0 aromatic heterocycles. The third kappa shape index (κ3) is 3.75. The number of nitrogens with zero attached hydrogens (tertiary/aromatic N) is 2. The van der Waals surface area contributed by atoms with Gasteiger partial charge in [-0.2, -0.15) is 0 Å². The molecule has 0 spiro atoms. The molecule has 5 nitrogen and oxygen atoms in total. The Morgan fingerprint density at radius 2 is 1.52 bits per heavy atom. The van der Waals surface area contributed by atoms with Crippen LogP contribution < -0.4 is 9.64 Å². The van der Waals surface area contributed by atoms with Gasteiger partial charge in [-0.25, -0.2) is 4.90 Å². The van der Waals surface area contributed by atoms with Gasteiger partial charge in [-0.15, -0.1) is 0 Å². The van der Waals surface area contributed by atoms with Crippen molar-refractivity contribution in [2.75, 3.05) is 18.0 Å². The lowest BCUT2D eigenvalue weighted by molar-refractivity contribution is -0.120. The lowest BCUT2D eigenvalue weighted by atomic mass is 10.0. The van der Waals surface area contributed by atoms with E-state index in [1.165, 1.54) is 4.90 Å². The molecule has 0 aliphatic carbocycles. The largest absolute Gasteiger partial charge is 0.491 e. The van der Waals surface area contributed by atoms with Crippen molar-refractivity contribution < 1.29 is 14.3 Å². The van der Waals surface area contributed by atoms with Crippen molar-refractivity contribution in [2.45, 2.75) is 32.8 Å². The number of benzene rings is 2. The minimum absolute atomic E-state index is 0.0517. The van der Waals surface area contributed by atoms with Gasteiger partial charge in [-0.1, -0.05) is 23.7 Å². The highest BCUT2D eigenvalue weighted by Gasteiger charge is 2.42. The Balaban J connectivity index is 1.73. The predicted molar refractivity (Wildman–Crippen MR) is 114 cm³/mol. The number of amides is 2. The molecule has 0 atom stereocenters. The van der Waals surface area contributed by atoms with Crippen LogP contribution in [-0.4, -0.2) is 35.9 Å². The van der Waals surface area contributed by atoms with Crippen molar-refractivity contribution in [3.8, 4) is 5.75 Å². The van der Waals surface area contributed by atoms with Crippen LogP contribution in [0.2, 0.25) is 5.02 Å². The van der Waals surface area contributed by atoms with E-state index < -0.39 is 0 Å². The summed E-state index contributed by atoms with van der Waals surface area (Å²) in [6.07, 6.45) is 2.08. The number of ether oxygens (including phenoxy) is 1. The van der Waals surface area contributed by atoms with Crippen LogP contribution >= 0.6 is 11.6 Å². The molecule has 6 heteroatoms. The van der Waals surface area contributed by atoms with Crippen LogP contribution in [-0.2, 0) is 9.59 Å². The van der Waals surface area contributed by atoms with Crippen LogP contribution in [0.5, 0.6) is 5.75 Å². The third-order valence-corrected chi connectivity index (χ3v) is 5.33. The van der Waals surface area contributed by atoms with Gasteiger partial charge in [0.25, 0.3) is 11.8 Å². The van der Waals surface area contributed by atoms with Crippen molar-refractivity contribution in [1.29, 1.82) is 0 Å². The summed E-state index contributed by atoms with van der Waals surface area (Å²) in [6, 6.07) is 14.1. The molecule has 4 rings (SSSR count). The minimum atomic E-state index is -0.309. The van der Waals surface area contributed by atoms with Crippen LogP contribution in [0.15, 0.2) is 54.2 Å². The van der Waals surface area contributed by atoms with Crippen LogP contribution in [0.4, 0.5) is 5.69 Å². The summed E-state index contributed by atoms with van der Waals surface area (Å²) < 4.78 is 5.67. The summed E-state index contributed by atoms with van der Waals surface area (Å²) in [5, 5.41) is 0.589. The molecule has 1 saturated heterocycles. The zero-order valence-corrected chi connectivity index (χ0v) is 17.3. The summed E-state index contributed by atoms with van der Waals surface area (Å²) in [6.45, 7) is 5.46. The van der Waals surface area contributed by atoms with Gasteiger partial charge >= 0.3 is 0 Å². The minimum Gasteiger partial charge on any atom is -0.491 e. The fraction of sp³-hybridized carbons (Fsp3) is 0.304. The fourth-order valence-electron chi connectivity index (χ4n) is 3.81. The molecule has 150 valence electrons. The maximum Gasteiger partial charge on any atom is 0.282 e. The lowest BCUT2D eigenvalue weighted by Gasteiger charge is -2.20. The Hall–Kier alpha value is -2.79. The molecular weight excluding hydrogens is 388 g/mol. The molecule has 2 aliphatic heterocycles. The van der Waals surface area contributed by atoms with Crippen molar-refractivity contribution in [3.63, 3.8) is 0 Å². The normalized spacial score (nSPS) is 17.1. The first kappa shape index (κ1) is 19.5. The number of imide groups is 1. The molecule has 0 saturated carbocycles. The van der Waals surface area contributed by atoms with Gasteiger partial charge in [0.2, 0.25) is 0 Å². The summed E-state index contributed by atoms with van der Waals surface area (Å²) in [4.78, 5) is 30.0. The van der Waals surface area contributed by atoms with E-state index in [9.17, 15) is 9.59 Å². The van der Waals surface area contributed by atoms with E-state index in [4.69, 9.17) is 16.3 Å². The first-order valence-electron chi connectivity index (χ1n) is 9.86. The van der Waals surface area contributed by atoms with Gasteiger partial charge in [-0.3, -0.25) is 9.59 Å². The Bertz CT molecular complexity index is 959. The fourth-order valence-corrected chi connectivity index (χ4v) is 3.94. The van der Waals surface area contributed by atoms with Gasteiger partial charge in [0.15, 0.2) is 0 Å². The van der Waals surface area contributed by atoms with E-state index in [2.05, 4.69) is 0 Å². The maximum absolute atomic E-state index is 13.4. The maximum atomic E-state index is 13.4. The van der Waals surface area contributed by atoms with Crippen LogP contribution in [0.1, 0.15) is 32.3 Å². The van der Waals surface area contributed by atoms with Gasteiger partial charge in [0, 0.05) is 18.1 Å². The first-order valence-corrected chi connectivity index (χ1v) is 10.2. The molecule has 1 fully saturated rings. The van der Waals surface area contributed by atoms with Crippen LogP contribution in [0.25, 0.3) is 5.57 Å². The van der Waals surface area contributed by atoms with E-state index in [1.54, 1.807) is 48.5 Å². The van der Waals surface area contributed by atoms with Gasteiger partial charge in [0.1, 0.15) is 11.4 Å². The molecule has 2 aromatic carbocycles. The number of carbonyl (C=O) groups excluding carboxylic acids is 2. The highest BCUT2D eigenvalue weighted by Crippen LogP contribution is 2.36. The second-order valence-corrected chi connectivity index (χ2v) is 7.97. The van der Waals surface area contributed by atoms with E-state index in [0.717, 1.165) is 25.9 Å². The average molecular weight is 411 g/mol. The first-order chi connectivity index (χ1) is 14.0. The zero-order valence-electron chi connectivity index (χ0n) is 16.5. The SMILES string of the molecule is CC(C)Oc1ccc(N2C(=O)C(c3ccc(Cl)cc3)=C(N3CCCC3)C2=O)cc1. The number of anilines is 1. The van der Waals surface area contributed by atoms with Gasteiger partial charge in [0.05, 0.1) is 17.4 Å². The predicted octanol–water partition coefficient (Wildman–Crippen LogP) is 4.51. The summed E-state index contributed by atoms with van der Waals surface area (Å²) in [7, 11) is 0. The molecule has 2 amide bonds. The smallest absolute Gasteiger partial charge is 0.282 e. The molecular formula is C23H23ClN2O3. The standard InChI is InChI=1S/C23H23ClN2O3/c1-15(2)29-19-11-9-18(10-12-19)26-22(27)20(16-5-7-17(24)8-6-16)21(23(26)28)25-13-3-4-14-25/h5-12,15H,3-4,13-14H2,1-2H3. The topological polar surface area (TPSA) is 49.9 Å². The molecule has 0 radical (unpaired) electrons. The zero-order chi connectivity index (χ0) is 20.5. The van der Waals surface area contributed by atoms with E-state index in [-0.39, 0.29) is 17.9 Å². The lowest BCUT2D eigenvalue weighted by Crippen LogP contribution is -2.34. The monoisotopic (exact) mass is 410 g/mol. The quantitative estimate of drug-likeness (QED) is 0.680. The molecule has 0 unspecified atom stereocenters. The van der Waals surface area contributed by atoms with Crippen LogP contribution in [0, 0.1) is 0 Å². The Kier molecular flexibility index (Phi) is 5.33. The van der Waals surface area contributed by atoms with Crippen LogP contribution in [0.3, 0.4) is 0 Å². The average Bonchev–Trinajstić information content (AvgIpc) is 3.29. The highest BCUT2D eigenvalue weighted by atomic mass is 35.5. The molecule has 0 N–H and O–H groups in total. The summed E-state index contributed by atoms with van der Waals surface area (Å²) >= 11 is 6.02. The molecule has 29 heavy (non-hydrogen) atoms. The molecule has 2 aliphatic rings. The number of halogens is 1. The third-order valence-electron chi connectivity index (χ3n) is 5.08. The number of rotatable bonds is 5. The molecule has 0 bridgehead atoms. The van der Waals surface area contributed by atoms with Crippen molar-refractivity contribution in [3.05, 3.63) is 64.8 Å². The number of likely N-dealkylation sites (tertiary alicyclic amines) is 1. The summed E-state index contributed by atoms with van der Waals surface area (Å²) in [5.74, 6) is 0.115. The second-order valence-electron chi connectivity index (χ2n) is 7.53. The summed E-state index contributed by atoms with van der Waals surface area (Å²) in [5.41, 5.74) is 2.17. The molecule has 2 heterocycles. The number of hydrogen-bond donors (Lipinski definition) is 0. The van der Waals surface area contributed by atoms with E-state index in [1.807, 2.05) is 18.7 Å². The Morgan fingerprint density at radius 1 is 0.897 bits per heavy atom. The molecule has 2 aromatic rings. The Labute approximate surface area is 175 Å². The van der Waals surface area contributed by atoms with Gasteiger partial charge < -0.3 is 9.64 Å². The van der Waals surface area contributed by atoms with E-state index in [0.29, 0.717) is 33.3 Å². The van der Waals surface area contributed by atoms with Crippen molar-refractivity contribution >= 4 is 34.7 Å². The number of hydrogen-bond acceptors (Lipinski definition) is 4. The second kappa shape index (κ2) is 7.91.